The number of nitriles is 1. The Kier molecular flexibility index (Phi) is 4.33. The van der Waals surface area contributed by atoms with Crippen molar-refractivity contribution < 1.29 is 4.74 Å². The monoisotopic (exact) mass is 455 g/mol. The Morgan fingerprint density at radius 2 is 1.91 bits per heavy atom. The highest BCUT2D eigenvalue weighted by molar-refractivity contribution is 5.81. The van der Waals surface area contributed by atoms with Crippen molar-refractivity contribution in [1.29, 1.82) is 5.26 Å². The van der Waals surface area contributed by atoms with Crippen LogP contribution in [0.25, 0.3) is 16.7 Å². The molecule has 4 heterocycles. The van der Waals surface area contributed by atoms with Gasteiger partial charge in [-0.05, 0) is 49.7 Å². The number of ether oxygens (including phenoxy) is 1. The number of anilines is 1. The summed E-state index contributed by atoms with van der Waals surface area (Å²) in [6, 6.07) is 12.1. The van der Waals surface area contributed by atoms with Gasteiger partial charge in [0, 0.05) is 37.1 Å². The van der Waals surface area contributed by atoms with Crippen molar-refractivity contribution in [2.24, 2.45) is 5.41 Å². The van der Waals surface area contributed by atoms with E-state index in [1.54, 1.807) is 6.33 Å². The van der Waals surface area contributed by atoms with Crippen LogP contribution >= 0.6 is 0 Å². The Balaban J connectivity index is 1.18. The van der Waals surface area contributed by atoms with Crippen molar-refractivity contribution >= 4 is 16.7 Å². The molecule has 4 fully saturated rings. The van der Waals surface area contributed by atoms with Gasteiger partial charge in [0.15, 0.2) is 5.82 Å². The van der Waals surface area contributed by atoms with Gasteiger partial charge in [0.1, 0.15) is 12.1 Å². The second-order valence-electron chi connectivity index (χ2n) is 10.8. The van der Waals surface area contributed by atoms with Crippen molar-refractivity contribution in [1.82, 2.24) is 24.6 Å². The summed E-state index contributed by atoms with van der Waals surface area (Å²) in [5.74, 6) is 1.70. The van der Waals surface area contributed by atoms with Gasteiger partial charge in [-0.3, -0.25) is 4.90 Å². The summed E-state index contributed by atoms with van der Waals surface area (Å²) in [7, 11) is 0. The van der Waals surface area contributed by atoms with E-state index in [0.717, 1.165) is 73.8 Å². The molecule has 2 aliphatic heterocycles. The second-order valence-corrected chi connectivity index (χ2v) is 10.8. The predicted molar refractivity (Wildman–Crippen MR) is 128 cm³/mol. The third-order valence-electron chi connectivity index (χ3n) is 8.60. The van der Waals surface area contributed by atoms with E-state index < -0.39 is 0 Å². The molecule has 34 heavy (non-hydrogen) atoms. The summed E-state index contributed by atoms with van der Waals surface area (Å²) in [5.41, 5.74) is 2.22. The Labute approximate surface area is 199 Å². The predicted octanol–water partition coefficient (Wildman–Crippen LogP) is 3.06. The summed E-state index contributed by atoms with van der Waals surface area (Å²) >= 11 is 0. The fraction of sp³-hybridized carbons (Fsp3) is 0.538. The molecule has 0 unspecified atom stereocenters. The van der Waals surface area contributed by atoms with Gasteiger partial charge in [0.2, 0.25) is 0 Å². The number of aromatic nitrogens is 4. The van der Waals surface area contributed by atoms with Crippen LogP contribution in [0, 0.1) is 16.7 Å². The molecule has 8 nitrogen and oxygen atoms in total. The van der Waals surface area contributed by atoms with Gasteiger partial charge < -0.3 is 9.64 Å². The van der Waals surface area contributed by atoms with Crippen LogP contribution in [-0.2, 0) is 10.2 Å². The van der Waals surface area contributed by atoms with E-state index in [4.69, 9.17) is 4.74 Å². The first-order valence-electron chi connectivity index (χ1n) is 12.4. The van der Waals surface area contributed by atoms with Crippen LogP contribution in [0.2, 0.25) is 0 Å². The molecular formula is C26H29N7O. The normalized spacial score (nSPS) is 25.6. The molecule has 2 aromatic heterocycles. The van der Waals surface area contributed by atoms with Crippen molar-refractivity contribution in [2.45, 2.75) is 50.1 Å². The number of fused-ring (bicyclic) bond motifs is 1. The SMILES string of the molecule is C[C@H]1CN(c2cc(-n3ncc4ccc(C5(C#N)CC6(CC6)C5)cc43)ncn2)CCN1C1COC1. The number of hydrogen-bond acceptors (Lipinski definition) is 7. The first-order valence-corrected chi connectivity index (χ1v) is 12.4. The highest BCUT2D eigenvalue weighted by Gasteiger charge is 2.61. The average Bonchev–Trinajstić information content (AvgIpc) is 3.48. The largest absolute Gasteiger partial charge is 0.378 e. The minimum absolute atomic E-state index is 0.349. The van der Waals surface area contributed by atoms with Gasteiger partial charge in [0.25, 0.3) is 0 Å². The fourth-order valence-corrected chi connectivity index (χ4v) is 6.37. The zero-order chi connectivity index (χ0) is 22.9. The van der Waals surface area contributed by atoms with E-state index in [0.29, 0.717) is 17.5 Å². The van der Waals surface area contributed by atoms with E-state index in [1.165, 1.54) is 12.8 Å². The summed E-state index contributed by atoms with van der Waals surface area (Å²) in [6.07, 6.45) is 8.06. The van der Waals surface area contributed by atoms with Crippen LogP contribution in [0.1, 0.15) is 38.2 Å². The topological polar surface area (TPSA) is 83.1 Å². The summed E-state index contributed by atoms with van der Waals surface area (Å²) in [5, 5.41) is 15.7. The van der Waals surface area contributed by atoms with Gasteiger partial charge in [-0.15, -0.1) is 0 Å². The van der Waals surface area contributed by atoms with E-state index in [2.05, 4.69) is 56.1 Å². The lowest BCUT2D eigenvalue weighted by atomic mass is 9.57. The molecule has 0 N–H and O–H groups in total. The quantitative estimate of drug-likeness (QED) is 0.598. The summed E-state index contributed by atoms with van der Waals surface area (Å²) < 4.78 is 7.29. The van der Waals surface area contributed by atoms with E-state index >= 15 is 0 Å². The van der Waals surface area contributed by atoms with Crippen molar-refractivity contribution in [3.63, 3.8) is 0 Å². The molecule has 8 heteroatoms. The lowest BCUT2D eigenvalue weighted by molar-refractivity contribution is -0.0793. The molecule has 2 aliphatic carbocycles. The maximum Gasteiger partial charge on any atom is 0.159 e. The fourth-order valence-electron chi connectivity index (χ4n) is 6.37. The van der Waals surface area contributed by atoms with Crippen LogP contribution in [0.15, 0.2) is 36.8 Å². The molecular weight excluding hydrogens is 426 g/mol. The zero-order valence-electron chi connectivity index (χ0n) is 19.5. The Morgan fingerprint density at radius 1 is 1.09 bits per heavy atom. The third kappa shape index (κ3) is 3.07. The standard InChI is InChI=1S/C26H29N7O/c1-18-11-31(6-7-32(18)21-12-34-13-21)23-9-24(29-17-28-23)33-22-8-20(3-2-19(22)10-30-33)26(16-27)14-25(15-26)4-5-25/h2-3,8-10,17-18,21H,4-7,11-15H2,1H3/t18-/m0/s1. The highest BCUT2D eigenvalue weighted by atomic mass is 16.5. The minimum Gasteiger partial charge on any atom is -0.378 e. The summed E-state index contributed by atoms with van der Waals surface area (Å²) in [6.45, 7) is 6.87. The van der Waals surface area contributed by atoms with Crippen LogP contribution < -0.4 is 4.90 Å². The van der Waals surface area contributed by atoms with Gasteiger partial charge >= 0.3 is 0 Å². The molecule has 1 atom stereocenters. The number of piperazine rings is 1. The molecule has 0 radical (unpaired) electrons. The molecule has 0 bridgehead atoms. The molecule has 3 aromatic rings. The average molecular weight is 456 g/mol. The third-order valence-corrected chi connectivity index (χ3v) is 8.60. The smallest absolute Gasteiger partial charge is 0.159 e. The van der Waals surface area contributed by atoms with Gasteiger partial charge in [-0.2, -0.15) is 10.4 Å². The molecule has 7 rings (SSSR count). The Hall–Kier alpha value is -3.02. The Morgan fingerprint density at radius 3 is 2.62 bits per heavy atom. The van der Waals surface area contributed by atoms with Gasteiger partial charge in [0.05, 0.1) is 42.5 Å². The first-order chi connectivity index (χ1) is 16.6. The van der Waals surface area contributed by atoms with E-state index in [9.17, 15) is 5.26 Å². The van der Waals surface area contributed by atoms with Crippen molar-refractivity contribution in [2.75, 3.05) is 37.7 Å². The molecule has 0 amide bonds. The zero-order valence-corrected chi connectivity index (χ0v) is 19.5. The molecule has 2 saturated heterocycles. The molecule has 2 saturated carbocycles. The van der Waals surface area contributed by atoms with Crippen LogP contribution in [-0.4, -0.2) is 69.6 Å². The van der Waals surface area contributed by atoms with E-state index in [1.807, 2.05) is 16.9 Å². The van der Waals surface area contributed by atoms with Gasteiger partial charge in [-0.1, -0.05) is 12.1 Å². The van der Waals surface area contributed by atoms with Crippen molar-refractivity contribution in [3.8, 4) is 11.9 Å². The number of hydrogen-bond donors (Lipinski definition) is 0. The minimum atomic E-state index is -0.349. The highest BCUT2D eigenvalue weighted by Crippen LogP contribution is 2.68. The van der Waals surface area contributed by atoms with Crippen LogP contribution in [0.3, 0.4) is 0 Å². The molecule has 1 spiro atoms. The summed E-state index contributed by atoms with van der Waals surface area (Å²) in [4.78, 5) is 14.1. The molecule has 4 aliphatic rings. The molecule has 1 aromatic carbocycles. The number of nitrogens with zero attached hydrogens (tertiary/aromatic N) is 7. The maximum absolute atomic E-state index is 10.0. The maximum atomic E-state index is 10.0. The number of rotatable bonds is 4. The molecule has 174 valence electrons. The van der Waals surface area contributed by atoms with E-state index in [-0.39, 0.29) is 5.41 Å². The Bertz CT molecular complexity index is 1290. The van der Waals surface area contributed by atoms with Crippen LogP contribution in [0.4, 0.5) is 5.82 Å². The lowest BCUT2D eigenvalue weighted by Crippen LogP contribution is -2.60. The van der Waals surface area contributed by atoms with Gasteiger partial charge in [-0.25, -0.2) is 14.6 Å². The number of benzene rings is 1. The van der Waals surface area contributed by atoms with Crippen LogP contribution in [0.5, 0.6) is 0 Å². The lowest BCUT2D eigenvalue weighted by Gasteiger charge is -2.46. The second kappa shape index (κ2) is 7.24. The van der Waals surface area contributed by atoms with Crippen molar-refractivity contribution in [3.05, 3.63) is 42.4 Å². The first kappa shape index (κ1) is 20.4.